The molecule has 6 rings (SSSR count). The van der Waals surface area contributed by atoms with Crippen LogP contribution in [0.1, 0.15) is 0 Å². The monoisotopic (exact) mass is 770 g/mol. The van der Waals surface area contributed by atoms with Gasteiger partial charge in [0.25, 0.3) is 0 Å². The van der Waals surface area contributed by atoms with Crippen LogP contribution in [-0.4, -0.2) is 0 Å². The SMILES string of the molecule is O=P(c1ccc(F)cc1)(c1ccc(F)cc1)c1c(F)c(F)c(-c2c(F)c(F)c(P(=O)(c3ccc(F)cc3)c3ccc(F)cc3)c(F)c2F)c(F)c1F. The van der Waals surface area contributed by atoms with E-state index in [0.717, 1.165) is 48.5 Å². The van der Waals surface area contributed by atoms with Crippen LogP contribution in [-0.2, 0) is 9.13 Å². The van der Waals surface area contributed by atoms with Crippen molar-refractivity contribution in [1.82, 2.24) is 0 Å². The molecule has 0 bridgehead atoms. The predicted molar refractivity (Wildman–Crippen MR) is 170 cm³/mol. The molecule has 0 unspecified atom stereocenters. The molecule has 266 valence electrons. The highest BCUT2D eigenvalue weighted by atomic mass is 31.2. The molecule has 0 amide bonds. The maximum atomic E-state index is 16.0. The van der Waals surface area contributed by atoms with Crippen LogP contribution >= 0.6 is 14.3 Å². The van der Waals surface area contributed by atoms with Gasteiger partial charge >= 0.3 is 0 Å². The van der Waals surface area contributed by atoms with Crippen LogP contribution < -0.4 is 31.8 Å². The number of hydrogen-bond donors (Lipinski definition) is 0. The number of halogens is 12. The zero-order valence-electron chi connectivity index (χ0n) is 25.5. The van der Waals surface area contributed by atoms with Crippen LogP contribution in [0.25, 0.3) is 11.1 Å². The molecule has 0 fully saturated rings. The van der Waals surface area contributed by atoms with Gasteiger partial charge in [-0.1, -0.05) is 0 Å². The lowest BCUT2D eigenvalue weighted by atomic mass is 10.0. The third-order valence-corrected chi connectivity index (χ3v) is 14.3. The third-order valence-electron chi connectivity index (χ3n) is 8.12. The van der Waals surface area contributed by atoms with Gasteiger partial charge in [0.1, 0.15) is 23.3 Å². The van der Waals surface area contributed by atoms with Gasteiger partial charge in [-0.25, -0.2) is 52.7 Å². The zero-order chi connectivity index (χ0) is 37.9. The van der Waals surface area contributed by atoms with Gasteiger partial charge in [-0.05, 0) is 97.1 Å². The summed E-state index contributed by atoms with van der Waals surface area (Å²) in [5, 5.41) is -6.33. The molecule has 0 saturated heterocycles. The summed E-state index contributed by atoms with van der Waals surface area (Å²) in [5.41, 5.74) is -4.69. The topological polar surface area (TPSA) is 34.1 Å². The number of rotatable bonds is 7. The smallest absolute Gasteiger partial charge is 0.177 e. The van der Waals surface area contributed by atoms with Crippen molar-refractivity contribution < 1.29 is 61.8 Å². The van der Waals surface area contributed by atoms with Gasteiger partial charge in [-0.3, -0.25) is 0 Å². The Bertz CT molecular complexity index is 2140. The van der Waals surface area contributed by atoms with E-state index in [1.165, 1.54) is 0 Å². The molecule has 0 aliphatic carbocycles. The van der Waals surface area contributed by atoms with Gasteiger partial charge in [-0.15, -0.1) is 0 Å². The fraction of sp³-hybridized carbons (Fsp3) is 0. The van der Waals surface area contributed by atoms with Crippen molar-refractivity contribution in [3.63, 3.8) is 0 Å². The van der Waals surface area contributed by atoms with E-state index in [1.54, 1.807) is 0 Å². The highest BCUT2D eigenvalue weighted by Gasteiger charge is 2.44. The van der Waals surface area contributed by atoms with Crippen LogP contribution in [0.3, 0.4) is 0 Å². The minimum Gasteiger partial charge on any atom is -0.308 e. The second-order valence-corrected chi connectivity index (χ2v) is 16.5. The lowest BCUT2D eigenvalue weighted by Crippen LogP contribution is -2.33. The summed E-state index contributed by atoms with van der Waals surface area (Å²) < 4.78 is 212. The maximum Gasteiger partial charge on any atom is 0.177 e. The number of benzene rings is 6. The van der Waals surface area contributed by atoms with Crippen molar-refractivity contribution >= 4 is 46.1 Å². The normalized spacial score (nSPS) is 12.0. The van der Waals surface area contributed by atoms with Crippen molar-refractivity contribution in [1.29, 1.82) is 0 Å². The highest BCUT2D eigenvalue weighted by molar-refractivity contribution is 7.85. The van der Waals surface area contributed by atoms with Crippen LogP contribution in [0.15, 0.2) is 97.1 Å². The Kier molecular flexibility index (Phi) is 9.52. The van der Waals surface area contributed by atoms with Crippen molar-refractivity contribution in [2.75, 3.05) is 0 Å². The van der Waals surface area contributed by atoms with Crippen LogP contribution in [0.4, 0.5) is 52.7 Å². The van der Waals surface area contributed by atoms with E-state index < -0.39 is 127 Å². The second-order valence-electron chi connectivity index (χ2n) is 11.1. The van der Waals surface area contributed by atoms with Gasteiger partial charge in [0.2, 0.25) is 0 Å². The molecule has 0 N–H and O–H groups in total. The summed E-state index contributed by atoms with van der Waals surface area (Å²) in [4.78, 5) is 0. The molecule has 16 heteroatoms. The van der Waals surface area contributed by atoms with Crippen molar-refractivity contribution in [3.8, 4) is 11.1 Å². The molecule has 52 heavy (non-hydrogen) atoms. The lowest BCUT2D eigenvalue weighted by Gasteiger charge is -2.24. The summed E-state index contributed by atoms with van der Waals surface area (Å²) in [5.74, 6) is -24.8. The maximum absolute atomic E-state index is 16.0. The Hall–Kier alpha value is -5.06. The number of hydrogen-bond acceptors (Lipinski definition) is 2. The van der Waals surface area contributed by atoms with Gasteiger partial charge in [0.05, 0.1) is 21.7 Å². The van der Waals surface area contributed by atoms with Gasteiger partial charge in [0, 0.05) is 21.2 Å². The Morgan fingerprint density at radius 2 is 0.442 bits per heavy atom. The molecule has 6 aromatic carbocycles. The Balaban J connectivity index is 1.64. The minimum absolute atomic E-state index is 0.638. The molecule has 0 aliphatic rings. The van der Waals surface area contributed by atoms with Gasteiger partial charge in [-0.2, -0.15) is 0 Å². The second kappa shape index (κ2) is 13.5. The first-order chi connectivity index (χ1) is 24.5. The molecular weight excluding hydrogens is 754 g/mol. The third kappa shape index (κ3) is 5.74. The minimum atomic E-state index is -5.19. The quantitative estimate of drug-likeness (QED) is 0.0931. The fourth-order valence-electron chi connectivity index (χ4n) is 5.65. The van der Waals surface area contributed by atoms with Crippen LogP contribution in [0.5, 0.6) is 0 Å². The van der Waals surface area contributed by atoms with E-state index in [9.17, 15) is 26.7 Å². The summed E-state index contributed by atoms with van der Waals surface area (Å²) in [6.45, 7) is 0. The Morgan fingerprint density at radius 3 is 0.615 bits per heavy atom. The average molecular weight is 770 g/mol. The van der Waals surface area contributed by atoms with Gasteiger partial charge < -0.3 is 9.13 Å². The molecule has 0 heterocycles. The van der Waals surface area contributed by atoms with Crippen molar-refractivity contribution in [3.05, 3.63) is 167 Å². The highest BCUT2D eigenvalue weighted by Crippen LogP contribution is 2.49. The molecule has 0 aromatic heterocycles. The van der Waals surface area contributed by atoms with E-state index in [1.807, 2.05) is 0 Å². The first-order valence-corrected chi connectivity index (χ1v) is 17.9. The van der Waals surface area contributed by atoms with Crippen molar-refractivity contribution in [2.45, 2.75) is 0 Å². The molecule has 0 spiro atoms. The average Bonchev–Trinajstić information content (AvgIpc) is 3.12. The zero-order valence-corrected chi connectivity index (χ0v) is 27.3. The standard InChI is InChI=1S/C36H16F12O2P2/c37-17-1-9-21(10-2-17)51(49,22-11-3-18(38)4-12-22)35-31(45)27(41)25(28(42)32(35)46)26-29(43)33(47)36(34(48)30(26)44)52(50,23-13-5-19(39)6-14-23)24-15-7-20(40)8-16-24/h1-16H. The van der Waals surface area contributed by atoms with Crippen LogP contribution in [0.2, 0.25) is 0 Å². The van der Waals surface area contributed by atoms with E-state index in [4.69, 9.17) is 0 Å². The Labute approximate surface area is 285 Å². The molecular formula is C36H16F12O2P2. The van der Waals surface area contributed by atoms with Crippen molar-refractivity contribution in [2.24, 2.45) is 0 Å². The first-order valence-electron chi connectivity index (χ1n) is 14.5. The molecule has 0 radical (unpaired) electrons. The fourth-order valence-corrected chi connectivity index (χ4v) is 11.1. The lowest BCUT2D eigenvalue weighted by molar-refractivity contribution is 0.449. The van der Waals surface area contributed by atoms with E-state index >= 15 is 35.1 Å². The molecule has 0 atom stereocenters. The van der Waals surface area contributed by atoms with E-state index in [-0.39, 0.29) is 0 Å². The predicted octanol–water partition coefficient (Wildman–Crippen LogP) is 8.30. The van der Waals surface area contributed by atoms with E-state index in [0.29, 0.717) is 48.5 Å². The molecule has 2 nitrogen and oxygen atoms in total. The van der Waals surface area contributed by atoms with E-state index in [2.05, 4.69) is 0 Å². The summed E-state index contributed by atoms with van der Waals surface area (Å²) >= 11 is 0. The molecule has 6 aromatic rings. The molecule has 0 saturated carbocycles. The summed E-state index contributed by atoms with van der Waals surface area (Å²) in [6.07, 6.45) is 0. The summed E-state index contributed by atoms with van der Waals surface area (Å²) in [7, 11) is -10.4. The van der Waals surface area contributed by atoms with Crippen LogP contribution in [0, 0.1) is 69.8 Å². The van der Waals surface area contributed by atoms with Gasteiger partial charge in [0.15, 0.2) is 60.8 Å². The summed E-state index contributed by atoms with van der Waals surface area (Å²) in [6, 6.07) is 11.4. The Morgan fingerprint density at radius 1 is 0.269 bits per heavy atom. The molecule has 0 aliphatic heterocycles. The first kappa shape index (κ1) is 36.7. The largest absolute Gasteiger partial charge is 0.308 e.